The van der Waals surface area contributed by atoms with Crippen molar-refractivity contribution in [2.45, 2.75) is 57.7 Å². The number of hydrogen-bond acceptors (Lipinski definition) is 6. The van der Waals surface area contributed by atoms with E-state index in [4.69, 9.17) is 0 Å². The molecular weight excluding hydrogens is 476 g/mol. The summed E-state index contributed by atoms with van der Waals surface area (Å²) in [5.41, 5.74) is 0.451. The molecule has 2 atom stereocenters. The minimum atomic E-state index is -4.42. The van der Waals surface area contributed by atoms with Crippen LogP contribution in [0.4, 0.5) is 23.4 Å². The zero-order valence-corrected chi connectivity index (χ0v) is 20.0. The molecule has 0 amide bonds. The third kappa shape index (κ3) is 5.35. The van der Waals surface area contributed by atoms with Gasteiger partial charge in [-0.25, -0.2) is 14.4 Å². The molecule has 0 aromatic carbocycles. The van der Waals surface area contributed by atoms with Gasteiger partial charge in [0, 0.05) is 37.4 Å². The number of alkyl halides is 4. The Morgan fingerprint density at radius 1 is 1.14 bits per heavy atom. The van der Waals surface area contributed by atoms with E-state index in [1.54, 1.807) is 0 Å². The van der Waals surface area contributed by atoms with Crippen molar-refractivity contribution in [1.29, 1.82) is 0 Å². The van der Waals surface area contributed by atoms with Gasteiger partial charge in [0.05, 0.1) is 29.7 Å². The number of anilines is 1. The highest BCUT2D eigenvalue weighted by Gasteiger charge is 2.34. The molecule has 0 radical (unpaired) electrons. The van der Waals surface area contributed by atoms with E-state index in [1.165, 1.54) is 19.3 Å². The summed E-state index contributed by atoms with van der Waals surface area (Å²) in [6, 6.07) is 4.60. The van der Waals surface area contributed by atoms with Crippen LogP contribution in [0.3, 0.4) is 0 Å². The molecule has 1 saturated heterocycles. The third-order valence-corrected chi connectivity index (χ3v) is 6.92. The van der Waals surface area contributed by atoms with Gasteiger partial charge in [0.15, 0.2) is 0 Å². The third-order valence-electron chi connectivity index (χ3n) is 6.92. The van der Waals surface area contributed by atoms with Gasteiger partial charge in [-0.2, -0.15) is 13.2 Å². The van der Waals surface area contributed by atoms with Gasteiger partial charge in [-0.05, 0) is 50.9 Å². The first-order valence-electron chi connectivity index (χ1n) is 12.1. The van der Waals surface area contributed by atoms with Crippen molar-refractivity contribution >= 4 is 22.6 Å². The van der Waals surface area contributed by atoms with Gasteiger partial charge in [-0.3, -0.25) is 14.7 Å². The Kier molecular flexibility index (Phi) is 6.67. The van der Waals surface area contributed by atoms with E-state index in [0.717, 1.165) is 30.5 Å². The van der Waals surface area contributed by atoms with Gasteiger partial charge in [0.25, 0.3) is 0 Å². The number of rotatable bonds is 8. The summed E-state index contributed by atoms with van der Waals surface area (Å²) >= 11 is 0. The van der Waals surface area contributed by atoms with Crippen molar-refractivity contribution in [3.63, 3.8) is 0 Å². The van der Waals surface area contributed by atoms with Crippen LogP contribution in [0.1, 0.15) is 37.4 Å². The molecule has 7 nitrogen and oxygen atoms in total. The summed E-state index contributed by atoms with van der Waals surface area (Å²) in [5, 5.41) is 0.820. The Bertz CT molecular complexity index is 1220. The summed E-state index contributed by atoms with van der Waals surface area (Å²) in [4.78, 5) is 28.3. The molecule has 3 aromatic rings. The number of likely N-dealkylation sites (tertiary alicyclic amines) is 1. The van der Waals surface area contributed by atoms with E-state index in [0.29, 0.717) is 43.2 Å². The van der Waals surface area contributed by atoms with Crippen LogP contribution >= 0.6 is 0 Å². The molecule has 3 aromatic heterocycles. The van der Waals surface area contributed by atoms with Crippen molar-refractivity contribution in [3.05, 3.63) is 48.2 Å². The average Bonchev–Trinajstić information content (AvgIpc) is 3.59. The fourth-order valence-corrected chi connectivity index (χ4v) is 4.92. The van der Waals surface area contributed by atoms with Crippen molar-refractivity contribution < 1.29 is 22.4 Å². The van der Waals surface area contributed by atoms with Crippen LogP contribution in [0.5, 0.6) is 0 Å². The lowest BCUT2D eigenvalue weighted by molar-refractivity contribution is -0.137. The predicted octanol–water partition coefficient (Wildman–Crippen LogP) is 4.26. The normalized spacial score (nSPS) is 21.1. The molecule has 4 heterocycles. The highest BCUT2D eigenvalue weighted by Crippen LogP contribution is 2.36. The second-order valence-electron chi connectivity index (χ2n) is 9.80. The maximum atomic E-state index is 14.9. The Morgan fingerprint density at radius 3 is 2.58 bits per heavy atom. The first-order chi connectivity index (χ1) is 17.2. The molecule has 36 heavy (non-hydrogen) atoms. The highest BCUT2D eigenvalue weighted by atomic mass is 19.4. The number of pyridine rings is 1. The first-order valence-corrected chi connectivity index (χ1v) is 12.1. The highest BCUT2D eigenvalue weighted by molar-refractivity contribution is 5.88. The van der Waals surface area contributed by atoms with E-state index in [1.807, 2.05) is 21.7 Å². The maximum absolute atomic E-state index is 14.9. The Balaban J connectivity index is 1.34. The Labute approximate surface area is 206 Å². The van der Waals surface area contributed by atoms with Gasteiger partial charge in [0.2, 0.25) is 0 Å². The van der Waals surface area contributed by atoms with Crippen LogP contribution in [0.25, 0.3) is 11.0 Å². The molecule has 0 spiro atoms. The van der Waals surface area contributed by atoms with Crippen LogP contribution in [0, 0.1) is 5.92 Å². The molecule has 0 N–H and O–H groups in total. The first kappa shape index (κ1) is 24.6. The summed E-state index contributed by atoms with van der Waals surface area (Å²) in [5.74, 6) is 0.558. The second kappa shape index (κ2) is 9.76. The van der Waals surface area contributed by atoms with Crippen LogP contribution in [0.2, 0.25) is 0 Å². The number of Topliss-reactive ketones (excluding diaryl/α,β-unsaturated/α-hetero) is 1. The number of hydrogen-bond donors (Lipinski definition) is 0. The number of halogens is 4. The SMILES string of the molecule is CC(=O)CN1CCC(Cn2ccc3c(N(Cc4ccc(C(F)(F)F)cn4)C4CC4)ncnc32)[C@@H](F)C1. The predicted molar refractivity (Wildman–Crippen MR) is 126 cm³/mol. The smallest absolute Gasteiger partial charge is 0.347 e. The number of carbonyl (C=O) groups is 1. The topological polar surface area (TPSA) is 67.2 Å². The quantitative estimate of drug-likeness (QED) is 0.427. The van der Waals surface area contributed by atoms with E-state index in [-0.39, 0.29) is 30.8 Å². The van der Waals surface area contributed by atoms with Crippen LogP contribution in [-0.2, 0) is 24.1 Å². The molecule has 11 heteroatoms. The van der Waals surface area contributed by atoms with E-state index in [2.05, 4.69) is 19.9 Å². The minimum Gasteiger partial charge on any atom is -0.347 e. The summed E-state index contributed by atoms with van der Waals surface area (Å²) in [6.45, 7) is 3.53. The van der Waals surface area contributed by atoms with Gasteiger partial charge in [-0.1, -0.05) is 0 Å². The molecule has 2 fully saturated rings. The molecule has 192 valence electrons. The monoisotopic (exact) mass is 504 g/mol. The standard InChI is InChI=1S/C25H28F4N6O/c1-16(36)11-33-8-6-17(22(26)14-33)12-34-9-7-21-23(34)31-15-32-24(21)35(20-4-5-20)13-19-3-2-18(10-30-19)25(27,28)29/h2-3,7,9-10,15,17,20,22H,4-6,8,11-14H2,1H3/t17?,22-/m0/s1. The van der Waals surface area contributed by atoms with Crippen molar-refractivity contribution in [2.75, 3.05) is 24.5 Å². The Hall–Kier alpha value is -3.08. The van der Waals surface area contributed by atoms with Crippen LogP contribution < -0.4 is 4.90 Å². The van der Waals surface area contributed by atoms with Crippen molar-refractivity contribution in [2.24, 2.45) is 5.92 Å². The number of piperidine rings is 1. The number of nitrogens with zero attached hydrogens (tertiary/aromatic N) is 6. The number of fused-ring (bicyclic) bond motifs is 1. The molecule has 1 unspecified atom stereocenters. The van der Waals surface area contributed by atoms with Crippen molar-refractivity contribution in [1.82, 2.24) is 24.4 Å². The van der Waals surface area contributed by atoms with E-state index in [9.17, 15) is 22.4 Å². The fraction of sp³-hybridized carbons (Fsp3) is 0.520. The van der Waals surface area contributed by atoms with Gasteiger partial charge >= 0.3 is 6.18 Å². The van der Waals surface area contributed by atoms with Gasteiger partial charge in [0.1, 0.15) is 29.7 Å². The lowest BCUT2D eigenvalue weighted by atomic mass is 9.94. The molecule has 5 rings (SSSR count). The minimum absolute atomic E-state index is 0.0352. The molecule has 0 bridgehead atoms. The number of aromatic nitrogens is 4. The van der Waals surface area contributed by atoms with Gasteiger partial charge in [-0.15, -0.1) is 0 Å². The maximum Gasteiger partial charge on any atom is 0.417 e. The largest absolute Gasteiger partial charge is 0.417 e. The Morgan fingerprint density at radius 2 is 1.94 bits per heavy atom. The molecular formula is C25H28F4N6O. The molecule has 2 aliphatic rings. The molecule has 1 aliphatic carbocycles. The zero-order valence-electron chi connectivity index (χ0n) is 20.0. The average molecular weight is 505 g/mol. The lowest BCUT2D eigenvalue weighted by Gasteiger charge is -2.34. The second-order valence-corrected chi connectivity index (χ2v) is 9.80. The number of carbonyl (C=O) groups excluding carboxylic acids is 1. The van der Waals surface area contributed by atoms with Crippen molar-refractivity contribution in [3.8, 4) is 0 Å². The summed E-state index contributed by atoms with van der Waals surface area (Å²) in [6.07, 6.45) is 1.36. The van der Waals surface area contributed by atoms with Gasteiger partial charge < -0.3 is 9.47 Å². The summed E-state index contributed by atoms with van der Waals surface area (Å²) in [7, 11) is 0. The zero-order chi connectivity index (χ0) is 25.4. The van der Waals surface area contributed by atoms with Crippen LogP contribution in [-0.4, -0.2) is 62.0 Å². The number of ketones is 1. The van der Waals surface area contributed by atoms with E-state index < -0.39 is 17.9 Å². The van der Waals surface area contributed by atoms with Crippen LogP contribution in [0.15, 0.2) is 36.9 Å². The fourth-order valence-electron chi connectivity index (χ4n) is 4.92. The molecule has 1 saturated carbocycles. The summed E-state index contributed by atoms with van der Waals surface area (Å²) < 4.78 is 55.6. The lowest BCUT2D eigenvalue weighted by Crippen LogP contribution is -2.44. The van der Waals surface area contributed by atoms with E-state index >= 15 is 0 Å². The molecule has 1 aliphatic heterocycles.